The molecule has 0 saturated heterocycles. The summed E-state index contributed by atoms with van der Waals surface area (Å²) in [5.41, 5.74) is -0.543. The van der Waals surface area contributed by atoms with E-state index in [2.05, 4.69) is 21.2 Å². The fourth-order valence-electron chi connectivity index (χ4n) is 1.34. The largest absolute Gasteiger partial charge is 0.381 e. The van der Waals surface area contributed by atoms with Crippen molar-refractivity contribution in [1.82, 2.24) is 5.32 Å². The molecule has 0 atom stereocenters. The highest BCUT2D eigenvalue weighted by atomic mass is 79.9. The Balaban J connectivity index is 2.37. The molecule has 0 aliphatic carbocycles. The third kappa shape index (κ3) is 4.70. The number of amides is 1. The Kier molecular flexibility index (Phi) is 6.82. The molecule has 1 aromatic rings. The van der Waals surface area contributed by atoms with Gasteiger partial charge in [0.15, 0.2) is 0 Å². The van der Waals surface area contributed by atoms with Crippen molar-refractivity contribution >= 4 is 21.8 Å². The Bertz CT molecular complexity index is 381. The number of hydrogen-bond acceptors (Lipinski definition) is 2. The molecule has 18 heavy (non-hydrogen) atoms. The zero-order valence-corrected chi connectivity index (χ0v) is 11.3. The van der Waals surface area contributed by atoms with Gasteiger partial charge in [-0.1, -0.05) is 22.0 Å². The van der Waals surface area contributed by atoms with Crippen LogP contribution in [0.15, 0.2) is 18.2 Å². The second-order valence-corrected chi connectivity index (χ2v) is 4.30. The number of alkyl halides is 1. The van der Waals surface area contributed by atoms with Crippen LogP contribution in [0.5, 0.6) is 0 Å². The van der Waals surface area contributed by atoms with E-state index in [1.165, 1.54) is 6.07 Å². The summed E-state index contributed by atoms with van der Waals surface area (Å²) in [5, 5.41) is 3.20. The van der Waals surface area contributed by atoms with Crippen molar-refractivity contribution in [1.29, 1.82) is 0 Å². The molecule has 1 aromatic carbocycles. The number of ether oxygens (including phenoxy) is 1. The summed E-state index contributed by atoms with van der Waals surface area (Å²) in [6, 6.07) is 3.32. The lowest BCUT2D eigenvalue weighted by molar-refractivity contribution is 0.0936. The predicted molar refractivity (Wildman–Crippen MR) is 67.9 cm³/mol. The molecular weight excluding hydrogens is 308 g/mol. The topological polar surface area (TPSA) is 38.3 Å². The highest BCUT2D eigenvalue weighted by Gasteiger charge is 2.15. The van der Waals surface area contributed by atoms with Crippen molar-refractivity contribution in [3.8, 4) is 0 Å². The molecule has 0 bridgehead atoms. The van der Waals surface area contributed by atoms with Crippen LogP contribution in [0.1, 0.15) is 16.8 Å². The van der Waals surface area contributed by atoms with Gasteiger partial charge in [-0.25, -0.2) is 8.78 Å². The van der Waals surface area contributed by atoms with Crippen LogP contribution in [0.25, 0.3) is 0 Å². The molecule has 0 heterocycles. The Hall–Kier alpha value is -1.01. The minimum absolute atomic E-state index is 0.314. The number of hydrogen-bond donors (Lipinski definition) is 1. The lowest BCUT2D eigenvalue weighted by Gasteiger charge is -2.07. The van der Waals surface area contributed by atoms with E-state index in [1.54, 1.807) is 0 Å². The molecule has 0 aliphatic rings. The number of carbonyl (C=O) groups excluding carboxylic acids is 1. The van der Waals surface area contributed by atoms with Crippen molar-refractivity contribution in [2.45, 2.75) is 6.42 Å². The molecular formula is C12H14BrF2NO2. The van der Waals surface area contributed by atoms with Crippen molar-refractivity contribution in [2.75, 3.05) is 25.1 Å². The SMILES string of the molecule is O=C(NCCCOCCBr)c1c(F)cccc1F. The third-order valence-electron chi connectivity index (χ3n) is 2.16. The molecule has 0 unspecified atom stereocenters. The van der Waals surface area contributed by atoms with Gasteiger partial charge in [0.1, 0.15) is 17.2 Å². The first kappa shape index (κ1) is 15.0. The first-order chi connectivity index (χ1) is 8.66. The molecule has 0 spiro atoms. The molecule has 1 rings (SSSR count). The average Bonchev–Trinajstić information content (AvgIpc) is 2.33. The summed E-state index contributed by atoms with van der Waals surface area (Å²) in [6.45, 7) is 1.40. The van der Waals surface area contributed by atoms with Crippen LogP contribution in [0.4, 0.5) is 8.78 Å². The monoisotopic (exact) mass is 321 g/mol. The van der Waals surface area contributed by atoms with E-state index in [0.29, 0.717) is 26.2 Å². The van der Waals surface area contributed by atoms with Gasteiger partial charge >= 0.3 is 0 Å². The maximum Gasteiger partial charge on any atom is 0.257 e. The summed E-state index contributed by atoms with van der Waals surface area (Å²) in [7, 11) is 0. The van der Waals surface area contributed by atoms with E-state index in [-0.39, 0.29) is 0 Å². The van der Waals surface area contributed by atoms with Crippen LogP contribution in [-0.2, 0) is 4.74 Å². The Morgan fingerprint density at radius 1 is 1.28 bits per heavy atom. The number of carbonyl (C=O) groups is 1. The normalized spacial score (nSPS) is 10.4. The number of benzene rings is 1. The van der Waals surface area contributed by atoms with E-state index < -0.39 is 23.1 Å². The minimum Gasteiger partial charge on any atom is -0.381 e. The number of rotatable bonds is 7. The smallest absolute Gasteiger partial charge is 0.257 e. The Labute approximate surface area is 113 Å². The lowest BCUT2D eigenvalue weighted by Crippen LogP contribution is -2.27. The van der Waals surface area contributed by atoms with E-state index >= 15 is 0 Å². The second kappa shape index (κ2) is 8.16. The molecule has 0 aromatic heterocycles. The minimum atomic E-state index is -0.858. The van der Waals surface area contributed by atoms with Crippen molar-refractivity contribution in [3.05, 3.63) is 35.4 Å². The maximum absolute atomic E-state index is 13.2. The summed E-state index contributed by atoms with van der Waals surface area (Å²) in [6.07, 6.45) is 0.592. The summed E-state index contributed by atoms with van der Waals surface area (Å²) in [4.78, 5) is 11.5. The van der Waals surface area contributed by atoms with Gasteiger partial charge in [-0.15, -0.1) is 0 Å². The maximum atomic E-state index is 13.2. The standard InChI is InChI=1S/C12H14BrF2NO2/c13-5-8-18-7-2-6-16-12(17)11-9(14)3-1-4-10(11)15/h1,3-4H,2,5-8H2,(H,16,17). The third-order valence-corrected chi connectivity index (χ3v) is 2.49. The molecule has 0 saturated carbocycles. The van der Waals surface area contributed by atoms with Crippen LogP contribution in [-0.4, -0.2) is 31.0 Å². The van der Waals surface area contributed by atoms with Crippen molar-refractivity contribution < 1.29 is 18.3 Å². The lowest BCUT2D eigenvalue weighted by atomic mass is 10.2. The predicted octanol–water partition coefficient (Wildman–Crippen LogP) is 2.50. The second-order valence-electron chi connectivity index (χ2n) is 3.51. The molecule has 0 aliphatic heterocycles. The van der Waals surface area contributed by atoms with Crippen LogP contribution in [0.2, 0.25) is 0 Å². The first-order valence-electron chi connectivity index (χ1n) is 5.52. The molecule has 6 heteroatoms. The van der Waals surface area contributed by atoms with Gasteiger partial charge in [0.2, 0.25) is 0 Å². The molecule has 100 valence electrons. The van der Waals surface area contributed by atoms with Crippen LogP contribution < -0.4 is 5.32 Å². The van der Waals surface area contributed by atoms with E-state index in [0.717, 1.165) is 17.5 Å². The molecule has 0 radical (unpaired) electrons. The van der Waals surface area contributed by atoms with Gasteiger partial charge in [-0.2, -0.15) is 0 Å². The molecule has 1 amide bonds. The van der Waals surface area contributed by atoms with Crippen LogP contribution in [0.3, 0.4) is 0 Å². The number of nitrogens with one attached hydrogen (secondary N) is 1. The zero-order chi connectivity index (χ0) is 13.4. The first-order valence-corrected chi connectivity index (χ1v) is 6.65. The highest BCUT2D eigenvalue weighted by molar-refractivity contribution is 9.09. The van der Waals surface area contributed by atoms with E-state index in [4.69, 9.17) is 4.74 Å². The van der Waals surface area contributed by atoms with Gasteiger partial charge in [0.25, 0.3) is 5.91 Å². The van der Waals surface area contributed by atoms with Gasteiger partial charge < -0.3 is 10.1 Å². The fourth-order valence-corrected chi connectivity index (χ4v) is 1.56. The summed E-state index contributed by atoms with van der Waals surface area (Å²) < 4.78 is 31.7. The quantitative estimate of drug-likeness (QED) is 0.619. The number of halogens is 3. The fraction of sp³-hybridized carbons (Fsp3) is 0.417. The zero-order valence-electron chi connectivity index (χ0n) is 9.72. The van der Waals surface area contributed by atoms with E-state index in [1.807, 2.05) is 0 Å². The van der Waals surface area contributed by atoms with Crippen molar-refractivity contribution in [3.63, 3.8) is 0 Å². The van der Waals surface area contributed by atoms with Crippen molar-refractivity contribution in [2.24, 2.45) is 0 Å². The Morgan fingerprint density at radius 3 is 2.56 bits per heavy atom. The average molecular weight is 322 g/mol. The Morgan fingerprint density at radius 2 is 1.94 bits per heavy atom. The molecule has 0 fully saturated rings. The van der Waals surface area contributed by atoms with Gasteiger partial charge in [-0.3, -0.25) is 4.79 Å². The highest BCUT2D eigenvalue weighted by Crippen LogP contribution is 2.11. The van der Waals surface area contributed by atoms with Crippen LogP contribution >= 0.6 is 15.9 Å². The van der Waals surface area contributed by atoms with E-state index in [9.17, 15) is 13.6 Å². The molecule has 1 N–H and O–H groups in total. The summed E-state index contributed by atoms with van der Waals surface area (Å²) >= 11 is 3.21. The van der Waals surface area contributed by atoms with Crippen LogP contribution in [0, 0.1) is 11.6 Å². The molecule has 3 nitrogen and oxygen atoms in total. The van der Waals surface area contributed by atoms with Gasteiger partial charge in [-0.05, 0) is 18.6 Å². The van der Waals surface area contributed by atoms with Gasteiger partial charge in [0.05, 0.1) is 6.61 Å². The summed E-state index contributed by atoms with van der Waals surface area (Å²) in [5.74, 6) is -2.46. The van der Waals surface area contributed by atoms with Gasteiger partial charge in [0, 0.05) is 18.5 Å².